The predicted molar refractivity (Wildman–Crippen MR) is 112 cm³/mol. The molecule has 0 amide bonds. The minimum Gasteiger partial charge on any atom is -0.497 e. The van der Waals surface area contributed by atoms with E-state index < -0.39 is 5.97 Å². The highest BCUT2D eigenvalue weighted by atomic mass is 16.5. The Morgan fingerprint density at radius 3 is 2.34 bits per heavy atom. The zero-order valence-corrected chi connectivity index (χ0v) is 17.4. The van der Waals surface area contributed by atoms with Gasteiger partial charge in [0.15, 0.2) is 5.78 Å². The Bertz CT molecular complexity index is 865. The Balaban J connectivity index is 1.88. The molecule has 29 heavy (non-hydrogen) atoms. The van der Waals surface area contributed by atoms with Crippen molar-refractivity contribution in [3.63, 3.8) is 0 Å². The molecule has 1 aromatic heterocycles. The number of benzene rings is 1. The number of hydrogen-bond acceptors (Lipinski definition) is 5. The number of carbonyl (C=O) groups excluding carboxylic acids is 1. The summed E-state index contributed by atoms with van der Waals surface area (Å²) in [6.07, 6.45) is 0.00473. The first-order chi connectivity index (χ1) is 13.9. The highest BCUT2D eigenvalue weighted by Gasteiger charge is 2.22. The molecule has 0 bridgehead atoms. The quantitative estimate of drug-likeness (QED) is 0.687. The number of hydrogen-bond donors (Lipinski definition) is 1. The Labute approximate surface area is 171 Å². The van der Waals surface area contributed by atoms with E-state index in [1.54, 1.807) is 7.11 Å². The summed E-state index contributed by atoms with van der Waals surface area (Å²) in [5.41, 5.74) is 3.27. The molecule has 1 aliphatic heterocycles. The highest BCUT2D eigenvalue weighted by Crippen LogP contribution is 2.28. The lowest BCUT2D eigenvalue weighted by molar-refractivity contribution is -0.137. The SMILES string of the molecule is COc1ccc(-c2cc(C(=O)CN3CCN(C)CC3)c(C)n2CCC(=O)O)cc1. The Morgan fingerprint density at radius 1 is 1.10 bits per heavy atom. The number of ketones is 1. The van der Waals surface area contributed by atoms with Crippen molar-refractivity contribution in [1.82, 2.24) is 14.4 Å². The van der Waals surface area contributed by atoms with Crippen LogP contribution in [0.25, 0.3) is 11.3 Å². The first-order valence-corrected chi connectivity index (χ1v) is 9.89. The van der Waals surface area contributed by atoms with Gasteiger partial charge in [0.2, 0.25) is 0 Å². The van der Waals surface area contributed by atoms with Gasteiger partial charge in [0, 0.05) is 49.7 Å². The van der Waals surface area contributed by atoms with Gasteiger partial charge in [-0.05, 0) is 49.9 Å². The van der Waals surface area contributed by atoms with Gasteiger partial charge in [0.05, 0.1) is 20.1 Å². The van der Waals surface area contributed by atoms with E-state index in [1.807, 2.05) is 41.8 Å². The molecule has 1 aliphatic rings. The van der Waals surface area contributed by atoms with Crippen LogP contribution >= 0.6 is 0 Å². The third kappa shape index (κ3) is 5.05. The number of carboxylic acid groups (broad SMARTS) is 1. The van der Waals surface area contributed by atoms with Crippen molar-refractivity contribution >= 4 is 11.8 Å². The van der Waals surface area contributed by atoms with Crippen LogP contribution in [0.5, 0.6) is 5.75 Å². The summed E-state index contributed by atoms with van der Waals surface area (Å²) in [7, 11) is 3.71. The van der Waals surface area contributed by atoms with Gasteiger partial charge in [-0.2, -0.15) is 0 Å². The number of nitrogens with zero attached hydrogens (tertiary/aromatic N) is 3. The molecule has 0 spiro atoms. The van der Waals surface area contributed by atoms with Crippen LogP contribution in [0, 0.1) is 6.92 Å². The minimum absolute atomic E-state index is 0.00473. The van der Waals surface area contributed by atoms with Crippen molar-refractivity contribution in [2.45, 2.75) is 19.9 Å². The molecular formula is C22H29N3O4. The summed E-state index contributed by atoms with van der Waals surface area (Å²) in [5.74, 6) is -0.0273. The second-order valence-corrected chi connectivity index (χ2v) is 7.56. The molecule has 1 aromatic carbocycles. The molecule has 3 rings (SSSR count). The molecule has 0 saturated carbocycles. The van der Waals surface area contributed by atoms with Crippen molar-refractivity contribution in [2.24, 2.45) is 0 Å². The maximum absolute atomic E-state index is 13.0. The third-order valence-electron chi connectivity index (χ3n) is 5.57. The van der Waals surface area contributed by atoms with Gasteiger partial charge in [-0.3, -0.25) is 14.5 Å². The van der Waals surface area contributed by atoms with Crippen LogP contribution in [-0.4, -0.2) is 78.1 Å². The minimum atomic E-state index is -0.857. The number of Topliss-reactive ketones (excluding diaryl/α,β-unsaturated/α-hetero) is 1. The first-order valence-electron chi connectivity index (χ1n) is 9.89. The van der Waals surface area contributed by atoms with E-state index in [2.05, 4.69) is 16.8 Å². The number of rotatable bonds is 8. The second kappa shape index (κ2) is 9.24. The zero-order chi connectivity index (χ0) is 21.0. The van der Waals surface area contributed by atoms with Gasteiger partial charge in [-0.15, -0.1) is 0 Å². The van der Waals surface area contributed by atoms with Crippen LogP contribution in [0.15, 0.2) is 30.3 Å². The highest BCUT2D eigenvalue weighted by molar-refractivity contribution is 6.00. The number of carboxylic acids is 1. The molecule has 0 aliphatic carbocycles. The largest absolute Gasteiger partial charge is 0.497 e. The molecule has 0 atom stereocenters. The maximum atomic E-state index is 13.0. The fourth-order valence-electron chi connectivity index (χ4n) is 3.72. The normalized spacial score (nSPS) is 15.4. The topological polar surface area (TPSA) is 75.0 Å². The van der Waals surface area contributed by atoms with Crippen molar-refractivity contribution in [3.05, 3.63) is 41.6 Å². The van der Waals surface area contributed by atoms with E-state index in [0.717, 1.165) is 48.9 Å². The van der Waals surface area contributed by atoms with Crippen LogP contribution in [0.3, 0.4) is 0 Å². The lowest BCUT2D eigenvalue weighted by Crippen LogP contribution is -2.46. The number of carbonyl (C=O) groups is 2. The van der Waals surface area contributed by atoms with Crippen LogP contribution in [0.1, 0.15) is 22.5 Å². The molecule has 156 valence electrons. The molecule has 2 aromatic rings. The summed E-state index contributed by atoms with van der Waals surface area (Å²) >= 11 is 0. The van der Waals surface area contributed by atoms with Gasteiger partial charge in [0.25, 0.3) is 0 Å². The Kier molecular flexibility index (Phi) is 6.71. The molecule has 7 nitrogen and oxygen atoms in total. The van der Waals surface area contributed by atoms with E-state index in [1.165, 1.54) is 0 Å². The molecule has 1 N–H and O–H groups in total. The van der Waals surface area contributed by atoms with E-state index in [9.17, 15) is 9.59 Å². The van der Waals surface area contributed by atoms with Crippen LogP contribution in [0.4, 0.5) is 0 Å². The summed E-state index contributed by atoms with van der Waals surface area (Å²) < 4.78 is 7.16. The Hall–Kier alpha value is -2.64. The molecule has 0 unspecified atom stereocenters. The smallest absolute Gasteiger partial charge is 0.305 e. The van der Waals surface area contributed by atoms with Crippen LogP contribution in [-0.2, 0) is 11.3 Å². The predicted octanol–water partition coefficient (Wildman–Crippen LogP) is 2.38. The fourth-order valence-corrected chi connectivity index (χ4v) is 3.72. The number of piperazine rings is 1. The lowest BCUT2D eigenvalue weighted by Gasteiger charge is -2.31. The van der Waals surface area contributed by atoms with Crippen molar-refractivity contribution < 1.29 is 19.4 Å². The van der Waals surface area contributed by atoms with Gasteiger partial charge in [-0.1, -0.05) is 0 Å². The van der Waals surface area contributed by atoms with Crippen LogP contribution < -0.4 is 4.74 Å². The summed E-state index contributed by atoms with van der Waals surface area (Å²) in [6.45, 7) is 6.29. The Morgan fingerprint density at radius 2 is 1.76 bits per heavy atom. The van der Waals surface area contributed by atoms with E-state index >= 15 is 0 Å². The molecule has 2 heterocycles. The monoisotopic (exact) mass is 399 g/mol. The van der Waals surface area contributed by atoms with E-state index in [4.69, 9.17) is 9.84 Å². The van der Waals surface area contributed by atoms with Crippen molar-refractivity contribution in [1.29, 1.82) is 0 Å². The number of methoxy groups -OCH3 is 1. The molecule has 1 saturated heterocycles. The maximum Gasteiger partial charge on any atom is 0.305 e. The molecule has 1 fully saturated rings. The van der Waals surface area contributed by atoms with E-state index in [0.29, 0.717) is 18.7 Å². The average molecular weight is 399 g/mol. The summed E-state index contributed by atoms with van der Waals surface area (Å²) in [5, 5.41) is 9.14. The number of aliphatic carboxylic acids is 1. The lowest BCUT2D eigenvalue weighted by atomic mass is 10.1. The van der Waals surface area contributed by atoms with Gasteiger partial charge in [-0.25, -0.2) is 0 Å². The van der Waals surface area contributed by atoms with Crippen molar-refractivity contribution in [3.8, 4) is 17.0 Å². The fraction of sp³-hybridized carbons (Fsp3) is 0.455. The number of likely N-dealkylation sites (N-methyl/N-ethyl adjacent to an activating group) is 1. The average Bonchev–Trinajstić information content (AvgIpc) is 3.04. The second-order valence-electron chi connectivity index (χ2n) is 7.56. The third-order valence-corrected chi connectivity index (χ3v) is 5.57. The standard InChI is InChI=1S/C22H29N3O4/c1-16-19(21(26)15-24-12-10-23(2)11-13-24)14-20(25(16)9-8-22(27)28)17-4-6-18(29-3)7-5-17/h4-7,14H,8-13,15H2,1-3H3,(H,27,28). The van der Waals surface area contributed by atoms with Gasteiger partial charge >= 0.3 is 5.97 Å². The van der Waals surface area contributed by atoms with Gasteiger partial charge in [0.1, 0.15) is 5.75 Å². The number of ether oxygens (including phenoxy) is 1. The first kappa shape index (κ1) is 21.1. The van der Waals surface area contributed by atoms with Gasteiger partial charge < -0.3 is 19.3 Å². The van der Waals surface area contributed by atoms with Crippen molar-refractivity contribution in [2.75, 3.05) is 46.9 Å². The molecule has 0 radical (unpaired) electrons. The summed E-state index contributed by atoms with van der Waals surface area (Å²) in [4.78, 5) is 28.6. The van der Waals surface area contributed by atoms with E-state index in [-0.39, 0.29) is 12.2 Å². The number of aromatic nitrogens is 1. The molecular weight excluding hydrogens is 370 g/mol. The zero-order valence-electron chi connectivity index (χ0n) is 17.4. The molecule has 7 heteroatoms. The van der Waals surface area contributed by atoms with Crippen LogP contribution in [0.2, 0.25) is 0 Å². The summed E-state index contributed by atoms with van der Waals surface area (Å²) in [6, 6.07) is 9.49.